The van der Waals surface area contributed by atoms with Crippen LogP contribution in [0.15, 0.2) is 18.2 Å². The van der Waals surface area contributed by atoms with Crippen molar-refractivity contribution in [2.24, 2.45) is 0 Å². The van der Waals surface area contributed by atoms with Crippen molar-refractivity contribution in [2.45, 2.75) is 30.6 Å². The molecule has 1 spiro atoms. The van der Waals surface area contributed by atoms with Gasteiger partial charge in [0.1, 0.15) is 11.4 Å². The van der Waals surface area contributed by atoms with E-state index in [1.807, 2.05) is 0 Å². The average Bonchev–Trinajstić information content (AvgIpc) is 2.48. The lowest BCUT2D eigenvalue weighted by molar-refractivity contribution is 0.0187. The SMILES string of the molecule is CNS(=O)(=O)Cc1ccc2c(c1)C(=O)CC1(CCNCC1)O2.Cl. The molecule has 1 aromatic carbocycles. The Labute approximate surface area is 142 Å². The predicted octanol–water partition coefficient (Wildman–Crippen LogP) is 1.24. The van der Waals surface area contributed by atoms with Gasteiger partial charge >= 0.3 is 0 Å². The number of halogens is 1. The number of piperidine rings is 1. The third-order valence-corrected chi connectivity index (χ3v) is 5.67. The fourth-order valence-electron chi connectivity index (χ4n) is 3.08. The Bertz CT molecular complexity index is 699. The molecule has 2 N–H and O–H groups in total. The maximum atomic E-state index is 12.5. The van der Waals surface area contributed by atoms with E-state index in [-0.39, 0.29) is 23.9 Å². The number of ether oxygens (including phenoxy) is 1. The van der Waals surface area contributed by atoms with Crippen LogP contribution >= 0.6 is 12.4 Å². The molecule has 0 aromatic heterocycles. The number of hydrogen-bond acceptors (Lipinski definition) is 5. The highest BCUT2D eigenvalue weighted by atomic mass is 35.5. The minimum Gasteiger partial charge on any atom is -0.486 e. The van der Waals surface area contributed by atoms with Gasteiger partial charge in [-0.3, -0.25) is 4.79 Å². The topological polar surface area (TPSA) is 84.5 Å². The molecule has 2 heterocycles. The molecule has 1 saturated heterocycles. The Kier molecular flexibility index (Phi) is 5.35. The number of nitrogens with one attached hydrogen (secondary N) is 2. The lowest BCUT2D eigenvalue weighted by Crippen LogP contribution is -2.49. The van der Waals surface area contributed by atoms with Gasteiger partial charge in [0.2, 0.25) is 10.0 Å². The van der Waals surface area contributed by atoms with Crippen molar-refractivity contribution in [2.75, 3.05) is 20.1 Å². The molecule has 23 heavy (non-hydrogen) atoms. The second-order valence-corrected chi connectivity index (χ2v) is 7.86. The number of carbonyl (C=O) groups excluding carboxylic acids is 1. The van der Waals surface area contributed by atoms with Crippen LogP contribution in [-0.2, 0) is 15.8 Å². The van der Waals surface area contributed by atoms with Gasteiger partial charge in [-0.25, -0.2) is 13.1 Å². The Balaban J connectivity index is 0.00000192. The van der Waals surface area contributed by atoms with Crippen LogP contribution in [0.1, 0.15) is 35.2 Å². The molecule has 1 aromatic rings. The van der Waals surface area contributed by atoms with Gasteiger partial charge in [0.25, 0.3) is 0 Å². The second kappa shape index (κ2) is 6.76. The summed E-state index contributed by atoms with van der Waals surface area (Å²) in [6.45, 7) is 1.70. The van der Waals surface area contributed by atoms with Gasteiger partial charge in [-0.2, -0.15) is 0 Å². The molecule has 0 amide bonds. The Morgan fingerprint density at radius 2 is 2.00 bits per heavy atom. The van der Waals surface area contributed by atoms with Gasteiger partial charge in [-0.1, -0.05) is 6.07 Å². The Morgan fingerprint density at radius 3 is 2.65 bits per heavy atom. The highest BCUT2D eigenvalue weighted by molar-refractivity contribution is 7.88. The molecule has 6 nitrogen and oxygen atoms in total. The molecular weight excluding hydrogens is 340 g/mol. The molecular formula is C15H21ClN2O4S. The van der Waals surface area contributed by atoms with Crippen LogP contribution in [0.2, 0.25) is 0 Å². The molecule has 0 aliphatic carbocycles. The Hall–Kier alpha value is -1.15. The van der Waals surface area contributed by atoms with Gasteiger partial charge in [0.05, 0.1) is 17.7 Å². The van der Waals surface area contributed by atoms with E-state index in [0.717, 1.165) is 25.9 Å². The van der Waals surface area contributed by atoms with Gasteiger partial charge in [-0.15, -0.1) is 12.4 Å². The minimum atomic E-state index is -3.35. The standard InChI is InChI=1S/C15H20N2O4S.ClH/c1-16-22(19,20)10-11-2-3-14-12(8-11)13(18)9-15(21-14)4-6-17-7-5-15;/h2-3,8,16-17H,4-7,9-10H2,1H3;1H. The first kappa shape index (κ1) is 18.2. The number of benzene rings is 1. The van der Waals surface area contributed by atoms with Crippen LogP contribution in [0.4, 0.5) is 0 Å². The van der Waals surface area contributed by atoms with E-state index in [9.17, 15) is 13.2 Å². The first-order valence-corrected chi connectivity index (χ1v) is 9.05. The van der Waals surface area contributed by atoms with E-state index < -0.39 is 15.6 Å². The fraction of sp³-hybridized carbons (Fsp3) is 0.533. The van der Waals surface area contributed by atoms with Crippen molar-refractivity contribution in [3.05, 3.63) is 29.3 Å². The highest BCUT2D eigenvalue weighted by Gasteiger charge is 2.41. The van der Waals surface area contributed by atoms with Crippen molar-refractivity contribution in [3.8, 4) is 5.75 Å². The molecule has 0 unspecified atom stereocenters. The molecule has 3 rings (SSSR count). The van der Waals surface area contributed by atoms with E-state index in [1.54, 1.807) is 18.2 Å². The van der Waals surface area contributed by atoms with E-state index in [0.29, 0.717) is 23.3 Å². The summed E-state index contributed by atoms with van der Waals surface area (Å²) >= 11 is 0. The zero-order chi connectivity index (χ0) is 15.8. The summed E-state index contributed by atoms with van der Waals surface area (Å²) in [7, 11) is -1.98. The average molecular weight is 361 g/mol. The normalized spacial score (nSPS) is 19.6. The van der Waals surface area contributed by atoms with Gasteiger partial charge in [0, 0.05) is 12.8 Å². The van der Waals surface area contributed by atoms with E-state index >= 15 is 0 Å². The highest BCUT2D eigenvalue weighted by Crippen LogP contribution is 2.38. The van der Waals surface area contributed by atoms with E-state index in [1.165, 1.54) is 7.05 Å². The maximum Gasteiger partial charge on any atom is 0.215 e. The number of rotatable bonds is 3. The van der Waals surface area contributed by atoms with Crippen molar-refractivity contribution < 1.29 is 17.9 Å². The quantitative estimate of drug-likeness (QED) is 0.847. The number of carbonyl (C=O) groups is 1. The monoisotopic (exact) mass is 360 g/mol. The zero-order valence-electron chi connectivity index (χ0n) is 12.9. The molecule has 128 valence electrons. The third-order valence-electron chi connectivity index (χ3n) is 4.34. The molecule has 1 fully saturated rings. The number of fused-ring (bicyclic) bond motifs is 1. The summed E-state index contributed by atoms with van der Waals surface area (Å²) in [5.74, 6) is 0.467. The molecule has 0 saturated carbocycles. The largest absolute Gasteiger partial charge is 0.486 e. The summed E-state index contributed by atoms with van der Waals surface area (Å²) in [6, 6.07) is 5.07. The number of sulfonamides is 1. The summed E-state index contributed by atoms with van der Waals surface area (Å²) in [6.07, 6.45) is 1.99. The molecule has 0 atom stereocenters. The summed E-state index contributed by atoms with van der Waals surface area (Å²) in [5.41, 5.74) is 0.688. The molecule has 8 heteroatoms. The van der Waals surface area contributed by atoms with E-state index in [4.69, 9.17) is 4.74 Å². The Morgan fingerprint density at radius 1 is 1.30 bits per heavy atom. The smallest absolute Gasteiger partial charge is 0.215 e. The second-order valence-electron chi connectivity index (χ2n) is 5.93. The summed E-state index contributed by atoms with van der Waals surface area (Å²) < 4.78 is 31.6. The number of hydrogen-bond donors (Lipinski definition) is 2. The van der Waals surface area contributed by atoms with Crippen LogP contribution in [-0.4, -0.2) is 39.9 Å². The van der Waals surface area contributed by atoms with Crippen molar-refractivity contribution in [3.63, 3.8) is 0 Å². The molecule has 0 bridgehead atoms. The molecule has 2 aliphatic heterocycles. The van der Waals surface area contributed by atoms with Crippen LogP contribution in [0, 0.1) is 0 Å². The summed E-state index contributed by atoms with van der Waals surface area (Å²) in [5, 5.41) is 3.27. The van der Waals surface area contributed by atoms with Gasteiger partial charge < -0.3 is 10.1 Å². The lowest BCUT2D eigenvalue weighted by atomic mass is 9.83. The van der Waals surface area contributed by atoms with Crippen LogP contribution in [0.3, 0.4) is 0 Å². The van der Waals surface area contributed by atoms with Gasteiger partial charge in [0.15, 0.2) is 5.78 Å². The van der Waals surface area contributed by atoms with Crippen molar-refractivity contribution in [1.29, 1.82) is 0 Å². The first-order chi connectivity index (χ1) is 10.4. The van der Waals surface area contributed by atoms with Crippen LogP contribution in [0.5, 0.6) is 5.75 Å². The molecule has 2 aliphatic rings. The number of ketones is 1. The number of Topliss-reactive ketones (excluding diaryl/α,β-unsaturated/α-hetero) is 1. The fourth-order valence-corrected chi connectivity index (χ4v) is 3.85. The third kappa shape index (κ3) is 3.85. The van der Waals surface area contributed by atoms with Crippen LogP contribution in [0.25, 0.3) is 0 Å². The van der Waals surface area contributed by atoms with Crippen molar-refractivity contribution in [1.82, 2.24) is 10.0 Å². The van der Waals surface area contributed by atoms with Gasteiger partial charge in [-0.05, 0) is 37.8 Å². The lowest BCUT2D eigenvalue weighted by Gasteiger charge is -2.41. The molecule has 0 radical (unpaired) electrons. The summed E-state index contributed by atoms with van der Waals surface area (Å²) in [4.78, 5) is 12.5. The predicted molar refractivity (Wildman–Crippen MR) is 89.8 cm³/mol. The zero-order valence-corrected chi connectivity index (χ0v) is 14.6. The van der Waals surface area contributed by atoms with Crippen molar-refractivity contribution >= 4 is 28.2 Å². The van der Waals surface area contributed by atoms with Crippen LogP contribution < -0.4 is 14.8 Å². The minimum absolute atomic E-state index is 0. The van der Waals surface area contributed by atoms with E-state index in [2.05, 4.69) is 10.0 Å². The maximum absolute atomic E-state index is 12.5. The first-order valence-electron chi connectivity index (χ1n) is 7.40.